The molecule has 4 rings (SSSR count). The van der Waals surface area contributed by atoms with Crippen molar-refractivity contribution in [1.82, 2.24) is 4.98 Å². The molecule has 4 aromatic rings. The Morgan fingerprint density at radius 1 is 0.844 bits per heavy atom. The average molecular weight is 452 g/mol. The van der Waals surface area contributed by atoms with Crippen LogP contribution >= 0.6 is 0 Å². The summed E-state index contributed by atoms with van der Waals surface area (Å²) < 4.78 is 23.0. The molecule has 1 N–H and O–H groups in total. The van der Waals surface area contributed by atoms with Crippen molar-refractivity contribution in [2.75, 3.05) is 11.6 Å². The second-order valence-corrected chi connectivity index (χ2v) is 9.44. The maximum atomic E-state index is 11.5. The molecule has 0 aliphatic carbocycles. The predicted octanol–water partition coefficient (Wildman–Crippen LogP) is 4.49. The van der Waals surface area contributed by atoms with Crippen LogP contribution in [0.5, 0.6) is 0 Å². The number of nitrogens with zero attached hydrogens (tertiary/aromatic N) is 3. The van der Waals surface area contributed by atoms with E-state index >= 15 is 0 Å². The van der Waals surface area contributed by atoms with E-state index < -0.39 is 19.7 Å². The van der Waals surface area contributed by atoms with Gasteiger partial charge >= 0.3 is 0 Å². The zero-order chi connectivity index (χ0) is 23.0. The number of nitrogens with one attached hydrogen (secondary N) is 1. The largest absolute Gasteiger partial charge is 0.354 e. The first kappa shape index (κ1) is 21.1. The Labute approximate surface area is 181 Å². The Balaban J connectivity index is 1.87. The van der Waals surface area contributed by atoms with Crippen LogP contribution in [0.25, 0.3) is 21.8 Å². The number of nitro groups is 2. The van der Waals surface area contributed by atoms with Gasteiger partial charge in [-0.3, -0.25) is 20.2 Å². The Hall–Kier alpha value is -4.12. The second-order valence-electron chi connectivity index (χ2n) is 7.30. The van der Waals surface area contributed by atoms with Gasteiger partial charge in [-0.2, -0.15) is 0 Å². The number of fused-ring (bicyclic) bond motifs is 2. The summed E-state index contributed by atoms with van der Waals surface area (Å²) in [6.45, 7) is 0. The molecule has 0 amide bonds. The van der Waals surface area contributed by atoms with Crippen LogP contribution in [0.15, 0.2) is 60.7 Å². The number of rotatable bonds is 6. The highest BCUT2D eigenvalue weighted by molar-refractivity contribution is 7.89. The lowest BCUT2D eigenvalue weighted by molar-refractivity contribution is -0.384. The Morgan fingerprint density at radius 2 is 1.34 bits per heavy atom. The van der Waals surface area contributed by atoms with Gasteiger partial charge in [0.1, 0.15) is 0 Å². The number of sulfone groups is 1. The first-order valence-corrected chi connectivity index (χ1v) is 11.4. The highest BCUT2D eigenvalue weighted by atomic mass is 32.2. The number of hydrogen-bond acceptors (Lipinski definition) is 8. The third kappa shape index (κ3) is 4.32. The van der Waals surface area contributed by atoms with Gasteiger partial charge in [-0.15, -0.1) is 0 Å². The summed E-state index contributed by atoms with van der Waals surface area (Å²) in [6.07, 6.45) is 1.16. The minimum atomic E-state index is -3.17. The van der Waals surface area contributed by atoms with E-state index in [0.717, 1.165) is 6.26 Å². The van der Waals surface area contributed by atoms with Crippen LogP contribution in [0.2, 0.25) is 0 Å². The summed E-state index contributed by atoms with van der Waals surface area (Å²) >= 11 is 0. The molecule has 0 bridgehead atoms. The van der Waals surface area contributed by atoms with Crippen LogP contribution < -0.4 is 5.32 Å². The van der Waals surface area contributed by atoms with E-state index in [1.165, 1.54) is 24.3 Å². The number of anilines is 2. The van der Waals surface area contributed by atoms with E-state index in [1.54, 1.807) is 36.4 Å². The van der Waals surface area contributed by atoms with Gasteiger partial charge in [0.05, 0.1) is 32.3 Å². The van der Waals surface area contributed by atoms with Crippen LogP contribution in [0.3, 0.4) is 0 Å². The second kappa shape index (κ2) is 7.85. The summed E-state index contributed by atoms with van der Waals surface area (Å²) in [5.74, 6) is -0.0816. The van der Waals surface area contributed by atoms with Crippen molar-refractivity contribution in [3.63, 3.8) is 0 Å². The van der Waals surface area contributed by atoms with Gasteiger partial charge in [-0.05, 0) is 29.8 Å². The van der Waals surface area contributed by atoms with Crippen LogP contribution in [-0.2, 0) is 15.6 Å². The number of non-ortho nitro benzene ring substituents is 2. The number of benzene rings is 3. The molecule has 0 unspecified atom stereocenters. The molecule has 11 heteroatoms. The lowest BCUT2D eigenvalue weighted by Gasteiger charge is -2.14. The summed E-state index contributed by atoms with van der Waals surface area (Å²) in [6, 6.07) is 15.3. The molecule has 0 aliphatic heterocycles. The first-order valence-electron chi connectivity index (χ1n) is 9.31. The Morgan fingerprint density at radius 3 is 1.78 bits per heavy atom. The van der Waals surface area contributed by atoms with Crippen molar-refractivity contribution in [2.45, 2.75) is 5.75 Å². The highest BCUT2D eigenvalue weighted by Gasteiger charge is 2.16. The quantitative estimate of drug-likeness (QED) is 0.256. The maximum absolute atomic E-state index is 11.5. The number of nitro benzene ring substituents is 2. The van der Waals surface area contributed by atoms with E-state index in [4.69, 9.17) is 0 Å². The topological polar surface area (TPSA) is 145 Å². The number of aromatic nitrogens is 1. The lowest BCUT2D eigenvalue weighted by atomic mass is 10.1. The van der Waals surface area contributed by atoms with Crippen molar-refractivity contribution in [1.29, 1.82) is 0 Å². The molecule has 0 radical (unpaired) electrons. The Bertz CT molecular complexity index is 1430. The SMILES string of the molecule is CS(=O)(=O)Cc1ccc(Nc2c3ccc([N+](=O)[O-])cc3nc3cc([N+](=O)[O-])ccc23)cc1. The van der Waals surface area contributed by atoms with Crippen LogP contribution in [0.1, 0.15) is 5.56 Å². The molecule has 1 aromatic heterocycles. The number of hydrogen-bond donors (Lipinski definition) is 1. The normalized spacial score (nSPS) is 11.5. The summed E-state index contributed by atoms with van der Waals surface area (Å²) in [4.78, 5) is 25.7. The Kier molecular flexibility index (Phi) is 5.18. The minimum absolute atomic E-state index is 0.0816. The van der Waals surface area contributed by atoms with Gasteiger partial charge < -0.3 is 5.32 Å². The molecule has 10 nitrogen and oxygen atoms in total. The third-order valence-electron chi connectivity index (χ3n) is 4.82. The zero-order valence-corrected chi connectivity index (χ0v) is 17.5. The van der Waals surface area contributed by atoms with Crippen molar-refractivity contribution >= 4 is 54.4 Å². The first-order chi connectivity index (χ1) is 15.1. The molecular formula is C21H16N4O6S. The van der Waals surface area contributed by atoms with Gasteiger partial charge in [-0.25, -0.2) is 13.4 Å². The van der Waals surface area contributed by atoms with Crippen molar-refractivity contribution in [3.8, 4) is 0 Å². The number of pyridine rings is 1. The van der Waals surface area contributed by atoms with E-state index in [-0.39, 0.29) is 17.1 Å². The molecule has 0 saturated carbocycles. The molecular weight excluding hydrogens is 436 g/mol. The van der Waals surface area contributed by atoms with Crippen LogP contribution in [0.4, 0.5) is 22.7 Å². The van der Waals surface area contributed by atoms with E-state index in [1.807, 2.05) is 0 Å². The highest BCUT2D eigenvalue weighted by Crippen LogP contribution is 2.36. The third-order valence-corrected chi connectivity index (χ3v) is 5.67. The molecule has 0 spiro atoms. The van der Waals surface area contributed by atoms with Gasteiger partial charge in [0, 0.05) is 47.0 Å². The molecule has 0 aliphatic rings. The van der Waals surface area contributed by atoms with E-state index in [0.29, 0.717) is 38.7 Å². The molecule has 0 atom stereocenters. The summed E-state index contributed by atoms with van der Waals surface area (Å²) in [7, 11) is -3.17. The lowest BCUT2D eigenvalue weighted by Crippen LogP contribution is -2.01. The molecule has 32 heavy (non-hydrogen) atoms. The molecule has 0 fully saturated rings. The van der Waals surface area contributed by atoms with E-state index in [9.17, 15) is 28.6 Å². The van der Waals surface area contributed by atoms with Crippen LogP contribution in [0, 0.1) is 20.2 Å². The molecule has 3 aromatic carbocycles. The van der Waals surface area contributed by atoms with Gasteiger partial charge in [-0.1, -0.05) is 12.1 Å². The van der Waals surface area contributed by atoms with Gasteiger partial charge in [0.25, 0.3) is 11.4 Å². The maximum Gasteiger partial charge on any atom is 0.271 e. The fourth-order valence-corrected chi connectivity index (χ4v) is 4.21. The van der Waals surface area contributed by atoms with E-state index in [2.05, 4.69) is 10.3 Å². The summed E-state index contributed by atoms with van der Waals surface area (Å²) in [5, 5.41) is 26.8. The fraction of sp³-hybridized carbons (Fsp3) is 0.0952. The van der Waals surface area contributed by atoms with Crippen molar-refractivity contribution in [3.05, 3.63) is 86.5 Å². The molecule has 1 heterocycles. The van der Waals surface area contributed by atoms with Crippen molar-refractivity contribution in [2.24, 2.45) is 0 Å². The van der Waals surface area contributed by atoms with Crippen molar-refractivity contribution < 1.29 is 18.3 Å². The summed E-state index contributed by atoms with van der Waals surface area (Å²) in [5.41, 5.74) is 2.18. The minimum Gasteiger partial charge on any atom is -0.354 e. The smallest absolute Gasteiger partial charge is 0.271 e. The standard InChI is InChI=1S/C21H16N4O6S/c1-32(30,31)12-13-2-4-14(5-3-13)22-21-17-8-6-15(24(26)27)10-19(17)23-20-11-16(25(28)29)7-9-18(20)21/h2-11H,12H2,1H3,(H,22,23). The monoisotopic (exact) mass is 452 g/mol. The zero-order valence-electron chi connectivity index (χ0n) is 16.7. The molecule has 162 valence electrons. The molecule has 0 saturated heterocycles. The fourth-order valence-electron chi connectivity index (χ4n) is 3.42. The predicted molar refractivity (Wildman–Crippen MR) is 121 cm³/mol. The van der Waals surface area contributed by atoms with Gasteiger partial charge in [0.2, 0.25) is 0 Å². The van der Waals surface area contributed by atoms with Crippen LogP contribution in [-0.4, -0.2) is 29.5 Å². The van der Waals surface area contributed by atoms with Gasteiger partial charge in [0.15, 0.2) is 9.84 Å². The average Bonchev–Trinajstić information content (AvgIpc) is 2.72.